The zero-order chi connectivity index (χ0) is 29.6. The Morgan fingerprint density at radius 1 is 0.762 bits per heavy atom. The van der Waals surface area contributed by atoms with Gasteiger partial charge in [0.15, 0.2) is 0 Å². The molecule has 0 aromatic heterocycles. The van der Waals surface area contributed by atoms with E-state index in [0.29, 0.717) is 3.63 Å². The Morgan fingerprint density at radius 2 is 1.40 bits per heavy atom. The van der Waals surface area contributed by atoms with Gasteiger partial charge in [-0.25, -0.2) is 0 Å². The zero-order valence-corrected chi connectivity index (χ0v) is 28.8. The zero-order valence-electron chi connectivity index (χ0n) is 26.3. The Bertz CT molecular complexity index is 1680. The topological polar surface area (TPSA) is 0 Å². The van der Waals surface area contributed by atoms with E-state index in [1.165, 1.54) is 39.0 Å². The second-order valence-electron chi connectivity index (χ2n) is 13.9. The fourth-order valence-corrected chi connectivity index (χ4v) is 11.3. The van der Waals surface area contributed by atoms with Crippen molar-refractivity contribution in [1.82, 2.24) is 0 Å². The van der Waals surface area contributed by atoms with Crippen molar-refractivity contribution >= 4 is 8.78 Å². The van der Waals surface area contributed by atoms with E-state index in [1.807, 2.05) is 0 Å². The van der Waals surface area contributed by atoms with Crippen molar-refractivity contribution in [2.75, 3.05) is 0 Å². The summed E-state index contributed by atoms with van der Waals surface area (Å²) < 4.78 is 2.03. The van der Waals surface area contributed by atoms with Gasteiger partial charge in [0.25, 0.3) is 0 Å². The molecular formula is C41H43Zr. The maximum absolute atomic E-state index is 2.59. The molecule has 0 radical (unpaired) electrons. The van der Waals surface area contributed by atoms with Crippen LogP contribution in [-0.2, 0) is 40.0 Å². The van der Waals surface area contributed by atoms with E-state index >= 15 is 0 Å². The molecule has 0 aliphatic heterocycles. The number of fused-ring (bicyclic) bond motifs is 3. The fraction of sp³-hybridized carbons (Fsp3) is 0.293. The van der Waals surface area contributed by atoms with Gasteiger partial charge in [-0.3, -0.25) is 0 Å². The second kappa shape index (κ2) is 11.3. The van der Waals surface area contributed by atoms with Gasteiger partial charge in [-0.15, -0.1) is 0 Å². The van der Waals surface area contributed by atoms with Crippen LogP contribution < -0.4 is 0 Å². The van der Waals surface area contributed by atoms with Crippen LogP contribution in [0.1, 0.15) is 103 Å². The average Bonchev–Trinajstić information content (AvgIpc) is 3.61. The van der Waals surface area contributed by atoms with Gasteiger partial charge in [0.1, 0.15) is 0 Å². The van der Waals surface area contributed by atoms with E-state index in [4.69, 9.17) is 0 Å². The molecule has 4 aromatic rings. The van der Waals surface area contributed by atoms with Gasteiger partial charge in [-0.05, 0) is 0 Å². The Labute approximate surface area is 264 Å². The van der Waals surface area contributed by atoms with Crippen LogP contribution in [0, 0.1) is 0 Å². The number of aryl methyl sites for hydroxylation is 1. The van der Waals surface area contributed by atoms with E-state index < -0.39 is 22.8 Å². The molecule has 0 N–H and O–H groups in total. The predicted molar refractivity (Wildman–Crippen MR) is 178 cm³/mol. The van der Waals surface area contributed by atoms with Crippen LogP contribution in [0.2, 0.25) is 0 Å². The van der Waals surface area contributed by atoms with E-state index in [1.54, 1.807) is 25.5 Å². The maximum atomic E-state index is 2.59. The van der Waals surface area contributed by atoms with Crippen molar-refractivity contribution in [3.05, 3.63) is 148 Å². The van der Waals surface area contributed by atoms with Crippen LogP contribution in [0.4, 0.5) is 0 Å². The molecule has 2 aliphatic rings. The molecule has 4 aromatic carbocycles. The number of rotatable bonds is 5. The molecule has 211 valence electrons. The standard InChI is InChI=1S/C28H33.C13H10.Zr/c1-8-18-16-23-22-14-13-21(27(2,3)4)15-20(22)17-24(23)25(19-11-9-10-12-19)26(18)28(5,6)7;1-3-7-12(8-4-1)11-13-9-5-2-6-10-13;/h9-11,13-17H,8,12H2,1-7H3;1-10H;. The summed E-state index contributed by atoms with van der Waals surface area (Å²) in [6.07, 6.45) is 9.09. The van der Waals surface area contributed by atoms with Crippen molar-refractivity contribution in [2.24, 2.45) is 0 Å². The number of hydrogen-bond donors (Lipinski definition) is 0. The molecule has 0 fully saturated rings. The molecule has 42 heavy (non-hydrogen) atoms. The minimum atomic E-state index is -1.23. The molecule has 0 nitrogen and oxygen atoms in total. The first-order valence-corrected chi connectivity index (χ1v) is 18.2. The second-order valence-corrected chi connectivity index (χ2v) is 17.3. The molecule has 1 unspecified atom stereocenters. The fourth-order valence-electron chi connectivity index (χ4n) is 6.88. The summed E-state index contributed by atoms with van der Waals surface area (Å²) in [5.41, 5.74) is 16.7. The van der Waals surface area contributed by atoms with Crippen molar-refractivity contribution in [1.29, 1.82) is 0 Å². The molecule has 0 spiro atoms. The summed E-state index contributed by atoms with van der Waals surface area (Å²) in [4.78, 5) is 0. The van der Waals surface area contributed by atoms with Gasteiger partial charge in [-0.2, -0.15) is 0 Å². The average molecular weight is 627 g/mol. The number of allylic oxidation sites excluding steroid dienone is 4. The third-order valence-electron chi connectivity index (χ3n) is 8.89. The Balaban J connectivity index is 1.73. The van der Waals surface area contributed by atoms with E-state index in [-0.39, 0.29) is 10.8 Å². The monoisotopic (exact) mass is 625 g/mol. The van der Waals surface area contributed by atoms with Gasteiger partial charge in [0, 0.05) is 0 Å². The van der Waals surface area contributed by atoms with Gasteiger partial charge in [-0.1, -0.05) is 0 Å². The molecule has 6 rings (SSSR count). The van der Waals surface area contributed by atoms with E-state index in [0.717, 1.165) is 12.8 Å². The Hall–Kier alpha value is -2.89. The molecule has 0 bridgehead atoms. The van der Waals surface area contributed by atoms with Gasteiger partial charge < -0.3 is 0 Å². The minimum absolute atomic E-state index is 0.0610. The van der Waals surface area contributed by atoms with Crippen LogP contribution in [0.25, 0.3) is 16.7 Å². The summed E-state index contributed by atoms with van der Waals surface area (Å²) in [5, 5.41) is 0. The Morgan fingerprint density at radius 3 is 1.93 bits per heavy atom. The number of hydrogen-bond acceptors (Lipinski definition) is 0. The van der Waals surface area contributed by atoms with Crippen LogP contribution in [-0.4, -0.2) is 3.21 Å². The Kier molecular flexibility index (Phi) is 7.87. The quantitative estimate of drug-likeness (QED) is 0.207. The first-order valence-electron chi connectivity index (χ1n) is 15.5. The molecule has 0 heterocycles. The molecule has 1 atom stereocenters. The molecule has 1 heteroatoms. The van der Waals surface area contributed by atoms with Crippen LogP contribution in [0.5, 0.6) is 0 Å². The summed E-state index contributed by atoms with van der Waals surface area (Å²) in [7, 11) is 0. The van der Waals surface area contributed by atoms with E-state index in [9.17, 15) is 0 Å². The van der Waals surface area contributed by atoms with Crippen LogP contribution in [0.15, 0.2) is 103 Å². The predicted octanol–water partition coefficient (Wildman–Crippen LogP) is 10.6. The van der Waals surface area contributed by atoms with Crippen molar-refractivity contribution < 1.29 is 22.8 Å². The first-order chi connectivity index (χ1) is 20.1. The van der Waals surface area contributed by atoms with Gasteiger partial charge in [0.2, 0.25) is 0 Å². The van der Waals surface area contributed by atoms with Crippen molar-refractivity contribution in [3.8, 4) is 11.1 Å². The molecule has 2 aliphatic carbocycles. The third kappa shape index (κ3) is 5.35. The summed E-state index contributed by atoms with van der Waals surface area (Å²) in [6, 6.07) is 32.5. The van der Waals surface area contributed by atoms with Crippen LogP contribution in [0.3, 0.4) is 0 Å². The molecule has 0 saturated carbocycles. The third-order valence-corrected chi connectivity index (χ3v) is 13.2. The normalized spacial score (nSPS) is 15.7. The van der Waals surface area contributed by atoms with Gasteiger partial charge >= 0.3 is 266 Å². The molecular weight excluding hydrogens is 584 g/mol. The first kappa shape index (κ1) is 29.2. The van der Waals surface area contributed by atoms with Crippen LogP contribution >= 0.6 is 0 Å². The van der Waals surface area contributed by atoms with Crippen molar-refractivity contribution in [2.45, 2.75) is 75.8 Å². The summed E-state index contributed by atoms with van der Waals surface area (Å²) >= 11 is -1.23. The summed E-state index contributed by atoms with van der Waals surface area (Å²) in [5.74, 6) is 0. The molecule has 0 amide bonds. The van der Waals surface area contributed by atoms with Gasteiger partial charge in [0.05, 0.1) is 0 Å². The molecule has 0 saturated heterocycles. The van der Waals surface area contributed by atoms with Crippen molar-refractivity contribution in [3.63, 3.8) is 0 Å². The summed E-state index contributed by atoms with van der Waals surface area (Å²) in [6.45, 7) is 16.6. The number of benzene rings is 4. The SMILES string of the molecule is CCc1cc2c(c(C3=CC=CC3)c1C(C)(C)C)[CH]([Zr]=[C](c1ccccc1)c1ccccc1)c1cc(C(C)(C)C)ccc1-2. The van der Waals surface area contributed by atoms with E-state index in [2.05, 4.69) is 152 Å².